The molecule has 2 fully saturated rings. The molecule has 3 aliphatic rings. The lowest BCUT2D eigenvalue weighted by Crippen LogP contribution is -2.55. The van der Waals surface area contributed by atoms with Crippen molar-refractivity contribution in [3.05, 3.63) is 83.6 Å². The number of hydrogen-bond donors (Lipinski definition) is 1. The normalized spacial score (nSPS) is 23.2. The first kappa shape index (κ1) is 23.8. The SMILES string of the molecule is O=Cc1ccccc1C1(NCc2ccccc2)C=CN(CC(=O)N2CCN(C3CCC3)CC2)CC1. The molecule has 0 aromatic heterocycles. The molecule has 1 aliphatic carbocycles. The van der Waals surface area contributed by atoms with Crippen LogP contribution >= 0.6 is 0 Å². The molecule has 1 saturated carbocycles. The zero-order valence-electron chi connectivity index (χ0n) is 20.4. The van der Waals surface area contributed by atoms with Crippen LogP contribution in [0.4, 0.5) is 0 Å². The average molecular weight is 473 g/mol. The van der Waals surface area contributed by atoms with Crippen molar-refractivity contribution < 1.29 is 9.59 Å². The van der Waals surface area contributed by atoms with Gasteiger partial charge in [-0.1, -0.05) is 61.0 Å². The van der Waals surface area contributed by atoms with Gasteiger partial charge in [0.15, 0.2) is 0 Å². The third kappa shape index (κ3) is 5.34. The first-order chi connectivity index (χ1) is 17.2. The van der Waals surface area contributed by atoms with E-state index in [1.807, 2.05) is 53.6 Å². The Bertz CT molecular complexity index is 1040. The molecule has 1 N–H and O–H groups in total. The van der Waals surface area contributed by atoms with Crippen molar-refractivity contribution >= 4 is 12.2 Å². The van der Waals surface area contributed by atoms with Gasteiger partial charge in [-0.2, -0.15) is 0 Å². The summed E-state index contributed by atoms with van der Waals surface area (Å²) in [5.41, 5.74) is 2.43. The summed E-state index contributed by atoms with van der Waals surface area (Å²) in [4.78, 5) is 31.6. The number of nitrogens with zero attached hydrogens (tertiary/aromatic N) is 3. The molecule has 35 heavy (non-hydrogen) atoms. The first-order valence-corrected chi connectivity index (χ1v) is 13.0. The standard InChI is InChI=1S/C29H36N4O2/c34-23-25-9-4-5-12-27(25)29(30-21-24-7-2-1-3-8-24)13-15-31(16-14-29)22-28(35)33-19-17-32(18-20-33)26-10-6-11-26/h1-5,7-9,12-13,15,23,26,30H,6,10-11,14,16-22H2. The Hall–Kier alpha value is -2.96. The van der Waals surface area contributed by atoms with Crippen molar-refractivity contribution in [1.82, 2.24) is 20.0 Å². The lowest BCUT2D eigenvalue weighted by molar-refractivity contribution is -0.134. The molecule has 0 bridgehead atoms. The molecular weight excluding hydrogens is 436 g/mol. The largest absolute Gasteiger partial charge is 0.368 e. The summed E-state index contributed by atoms with van der Waals surface area (Å²) in [5.74, 6) is 0.209. The van der Waals surface area contributed by atoms with E-state index in [1.54, 1.807) is 0 Å². The maximum Gasteiger partial charge on any atom is 0.242 e. The van der Waals surface area contributed by atoms with Crippen molar-refractivity contribution in [2.75, 3.05) is 39.3 Å². The number of nitrogens with one attached hydrogen (secondary N) is 1. The Balaban J connectivity index is 1.26. The second-order valence-electron chi connectivity index (χ2n) is 10.1. The summed E-state index contributed by atoms with van der Waals surface area (Å²) in [6.45, 7) is 5.53. The van der Waals surface area contributed by atoms with E-state index in [4.69, 9.17) is 0 Å². The van der Waals surface area contributed by atoms with E-state index in [-0.39, 0.29) is 5.91 Å². The average Bonchev–Trinajstić information content (AvgIpc) is 2.88. The van der Waals surface area contributed by atoms with Crippen molar-refractivity contribution in [3.8, 4) is 0 Å². The molecule has 184 valence electrons. The first-order valence-electron chi connectivity index (χ1n) is 13.0. The second kappa shape index (κ2) is 10.8. The van der Waals surface area contributed by atoms with Gasteiger partial charge in [0.2, 0.25) is 5.91 Å². The molecule has 1 amide bonds. The van der Waals surface area contributed by atoms with Gasteiger partial charge in [-0.15, -0.1) is 0 Å². The van der Waals surface area contributed by atoms with Crippen LogP contribution in [0.3, 0.4) is 0 Å². The van der Waals surface area contributed by atoms with Crippen LogP contribution in [0.2, 0.25) is 0 Å². The predicted octanol–water partition coefficient (Wildman–Crippen LogP) is 3.40. The molecule has 6 nitrogen and oxygen atoms in total. The highest BCUT2D eigenvalue weighted by molar-refractivity contribution is 5.79. The number of hydrogen-bond acceptors (Lipinski definition) is 5. The van der Waals surface area contributed by atoms with Crippen LogP contribution in [0.15, 0.2) is 66.9 Å². The fraction of sp³-hybridized carbons (Fsp3) is 0.448. The molecule has 2 aromatic rings. The lowest BCUT2D eigenvalue weighted by Gasteiger charge is -2.43. The van der Waals surface area contributed by atoms with Gasteiger partial charge in [0.1, 0.15) is 6.29 Å². The number of benzene rings is 2. The summed E-state index contributed by atoms with van der Waals surface area (Å²) in [5, 5.41) is 3.73. The molecule has 1 unspecified atom stereocenters. The van der Waals surface area contributed by atoms with Crippen LogP contribution in [-0.4, -0.2) is 72.2 Å². The Morgan fingerprint density at radius 2 is 1.71 bits per heavy atom. The molecule has 0 radical (unpaired) electrons. The van der Waals surface area contributed by atoms with E-state index >= 15 is 0 Å². The van der Waals surface area contributed by atoms with Gasteiger partial charge in [-0.05, 0) is 42.7 Å². The molecule has 0 spiro atoms. The highest BCUT2D eigenvalue weighted by Gasteiger charge is 2.35. The molecule has 2 aromatic carbocycles. The fourth-order valence-electron chi connectivity index (χ4n) is 5.53. The molecule has 5 rings (SSSR count). The van der Waals surface area contributed by atoms with Crippen LogP contribution in [0.25, 0.3) is 0 Å². The van der Waals surface area contributed by atoms with Crippen molar-refractivity contribution in [2.24, 2.45) is 0 Å². The summed E-state index contributed by atoms with van der Waals surface area (Å²) >= 11 is 0. The van der Waals surface area contributed by atoms with E-state index in [9.17, 15) is 9.59 Å². The maximum atomic E-state index is 13.0. The predicted molar refractivity (Wildman–Crippen MR) is 138 cm³/mol. The lowest BCUT2D eigenvalue weighted by atomic mass is 9.81. The van der Waals surface area contributed by atoms with Crippen LogP contribution in [0.1, 0.15) is 47.2 Å². The molecule has 2 heterocycles. The second-order valence-corrected chi connectivity index (χ2v) is 10.1. The number of aldehydes is 1. The Labute approximate surface area is 208 Å². The highest BCUT2D eigenvalue weighted by Crippen LogP contribution is 2.33. The third-order valence-electron chi connectivity index (χ3n) is 7.98. The van der Waals surface area contributed by atoms with Gasteiger partial charge >= 0.3 is 0 Å². The quantitative estimate of drug-likeness (QED) is 0.597. The number of carbonyl (C=O) groups is 2. The number of rotatable bonds is 8. The Morgan fingerprint density at radius 1 is 0.971 bits per heavy atom. The van der Waals surface area contributed by atoms with E-state index in [1.165, 1.54) is 24.8 Å². The van der Waals surface area contributed by atoms with Gasteiger partial charge in [0.05, 0.1) is 12.1 Å². The van der Waals surface area contributed by atoms with Crippen molar-refractivity contribution in [1.29, 1.82) is 0 Å². The molecule has 6 heteroatoms. The zero-order valence-corrected chi connectivity index (χ0v) is 20.4. The summed E-state index contributed by atoms with van der Waals surface area (Å²) < 4.78 is 0. The molecule has 1 saturated heterocycles. The van der Waals surface area contributed by atoms with E-state index in [0.717, 1.165) is 57.0 Å². The van der Waals surface area contributed by atoms with Gasteiger partial charge < -0.3 is 9.80 Å². The highest BCUT2D eigenvalue weighted by atomic mass is 16.2. The fourth-order valence-corrected chi connectivity index (χ4v) is 5.53. The topological polar surface area (TPSA) is 55.9 Å². The third-order valence-corrected chi connectivity index (χ3v) is 7.98. The van der Waals surface area contributed by atoms with Crippen molar-refractivity contribution in [3.63, 3.8) is 0 Å². The van der Waals surface area contributed by atoms with Crippen LogP contribution in [-0.2, 0) is 16.9 Å². The van der Waals surface area contributed by atoms with Gasteiger partial charge in [0.25, 0.3) is 0 Å². The van der Waals surface area contributed by atoms with Crippen LogP contribution in [0, 0.1) is 0 Å². The number of carbonyl (C=O) groups excluding carboxylic acids is 2. The van der Waals surface area contributed by atoms with Crippen molar-refractivity contribution in [2.45, 2.75) is 43.8 Å². The minimum absolute atomic E-state index is 0.209. The smallest absolute Gasteiger partial charge is 0.242 e. The van der Waals surface area contributed by atoms with Gasteiger partial charge in [-0.3, -0.25) is 19.8 Å². The van der Waals surface area contributed by atoms with E-state index in [2.05, 4.69) is 33.3 Å². The number of piperazine rings is 1. The van der Waals surface area contributed by atoms with Gasteiger partial charge in [-0.25, -0.2) is 0 Å². The zero-order chi connectivity index (χ0) is 24.1. The van der Waals surface area contributed by atoms with Crippen LogP contribution in [0.5, 0.6) is 0 Å². The minimum Gasteiger partial charge on any atom is -0.368 e. The maximum absolute atomic E-state index is 13.0. The number of amides is 1. The minimum atomic E-state index is -0.457. The summed E-state index contributed by atoms with van der Waals surface area (Å²) in [6.07, 6.45) is 9.90. The van der Waals surface area contributed by atoms with E-state index in [0.29, 0.717) is 18.7 Å². The van der Waals surface area contributed by atoms with E-state index < -0.39 is 5.54 Å². The Kier molecular flexibility index (Phi) is 7.30. The monoisotopic (exact) mass is 472 g/mol. The molecule has 2 aliphatic heterocycles. The summed E-state index contributed by atoms with van der Waals surface area (Å²) in [6, 6.07) is 18.9. The summed E-state index contributed by atoms with van der Waals surface area (Å²) in [7, 11) is 0. The Morgan fingerprint density at radius 3 is 2.37 bits per heavy atom. The van der Waals surface area contributed by atoms with Gasteiger partial charge in [0, 0.05) is 50.9 Å². The van der Waals surface area contributed by atoms with Crippen LogP contribution < -0.4 is 5.32 Å². The molecule has 1 atom stereocenters. The molecular formula is C29H36N4O2.